The van der Waals surface area contributed by atoms with Crippen LogP contribution in [0.4, 0.5) is 10.2 Å². The molecule has 1 aromatic carbocycles. The molecule has 1 aliphatic heterocycles. The number of hydrogen-bond donors (Lipinski definition) is 1. The lowest BCUT2D eigenvalue weighted by Crippen LogP contribution is -2.42. The van der Waals surface area contributed by atoms with Crippen molar-refractivity contribution in [2.45, 2.75) is 24.7 Å². The lowest BCUT2D eigenvalue weighted by atomic mass is 10.4. The lowest BCUT2D eigenvalue weighted by Gasteiger charge is -2.24. The first-order valence-electron chi connectivity index (χ1n) is 9.06. The van der Waals surface area contributed by atoms with E-state index in [4.69, 9.17) is 4.52 Å². The zero-order valence-corrected chi connectivity index (χ0v) is 16.4. The van der Waals surface area contributed by atoms with Crippen molar-refractivity contribution in [1.29, 1.82) is 0 Å². The summed E-state index contributed by atoms with van der Waals surface area (Å²) in [4.78, 5) is 14.5. The van der Waals surface area contributed by atoms with E-state index in [2.05, 4.69) is 15.4 Å². The molecule has 10 heteroatoms. The second-order valence-electron chi connectivity index (χ2n) is 6.71. The van der Waals surface area contributed by atoms with Crippen molar-refractivity contribution in [1.82, 2.24) is 14.4 Å². The van der Waals surface area contributed by atoms with Gasteiger partial charge >= 0.3 is 0 Å². The van der Waals surface area contributed by atoms with Crippen LogP contribution in [-0.2, 0) is 14.8 Å². The zero-order chi connectivity index (χ0) is 20.1. The molecule has 1 N–H and O–H groups in total. The number of amides is 1. The van der Waals surface area contributed by atoms with E-state index in [1.807, 2.05) is 0 Å². The van der Waals surface area contributed by atoms with Crippen molar-refractivity contribution in [3.05, 3.63) is 41.9 Å². The molecule has 2 heterocycles. The van der Waals surface area contributed by atoms with Crippen molar-refractivity contribution < 1.29 is 22.1 Å². The molecule has 1 amide bonds. The Bertz CT molecular complexity index is 908. The third-order valence-corrected chi connectivity index (χ3v) is 6.39. The van der Waals surface area contributed by atoms with Gasteiger partial charge in [0.25, 0.3) is 0 Å². The maximum atomic E-state index is 13.2. The molecule has 152 valence electrons. The molecule has 0 aliphatic carbocycles. The average molecular weight is 410 g/mol. The smallest absolute Gasteiger partial charge is 0.243 e. The predicted molar refractivity (Wildman–Crippen MR) is 101 cm³/mol. The molecule has 28 heavy (non-hydrogen) atoms. The summed E-state index contributed by atoms with van der Waals surface area (Å²) in [6, 6.07) is 6.12. The Hall–Kier alpha value is -2.30. The number of anilines is 1. The number of nitrogens with one attached hydrogen (secondary N) is 1. The fraction of sp³-hybridized carbons (Fsp3) is 0.444. The molecule has 0 atom stereocenters. The van der Waals surface area contributed by atoms with E-state index in [9.17, 15) is 17.6 Å². The van der Waals surface area contributed by atoms with Gasteiger partial charge in [0.2, 0.25) is 15.9 Å². The third kappa shape index (κ3) is 5.15. The van der Waals surface area contributed by atoms with Gasteiger partial charge in [-0.15, -0.1) is 0 Å². The summed E-state index contributed by atoms with van der Waals surface area (Å²) >= 11 is 0. The van der Waals surface area contributed by atoms with Crippen LogP contribution in [0.3, 0.4) is 0 Å². The number of hydrogen-bond acceptors (Lipinski definition) is 6. The topological polar surface area (TPSA) is 95.8 Å². The average Bonchev–Trinajstić information content (AvgIpc) is 3.30. The molecule has 3 rings (SSSR count). The Morgan fingerprint density at radius 1 is 1.29 bits per heavy atom. The van der Waals surface area contributed by atoms with Gasteiger partial charge in [0, 0.05) is 19.2 Å². The van der Waals surface area contributed by atoms with Gasteiger partial charge in [-0.2, -0.15) is 4.31 Å². The monoisotopic (exact) mass is 410 g/mol. The third-order valence-electron chi connectivity index (χ3n) is 4.53. The fourth-order valence-electron chi connectivity index (χ4n) is 3.07. The number of nitrogens with zero attached hydrogens (tertiary/aromatic N) is 3. The van der Waals surface area contributed by atoms with Crippen LogP contribution < -0.4 is 5.32 Å². The molecule has 1 aromatic heterocycles. The highest BCUT2D eigenvalue weighted by Gasteiger charge is 2.28. The molecular weight excluding hydrogens is 387 g/mol. The van der Waals surface area contributed by atoms with Crippen LogP contribution in [-0.4, -0.2) is 61.4 Å². The minimum Gasteiger partial charge on any atom is -0.360 e. The Balaban J connectivity index is 1.74. The molecule has 1 fully saturated rings. The van der Waals surface area contributed by atoms with Crippen molar-refractivity contribution in [2.24, 2.45) is 0 Å². The molecule has 0 spiro atoms. The molecule has 0 unspecified atom stereocenters. The van der Waals surface area contributed by atoms with E-state index in [-0.39, 0.29) is 23.8 Å². The highest BCUT2D eigenvalue weighted by Crippen LogP contribution is 2.17. The second kappa shape index (κ2) is 8.80. The summed E-state index contributed by atoms with van der Waals surface area (Å²) in [6.45, 7) is 3.81. The number of sulfonamides is 1. The number of rotatable bonds is 8. The Kier molecular flexibility index (Phi) is 6.42. The quantitative estimate of drug-likeness (QED) is 0.714. The van der Waals surface area contributed by atoms with Gasteiger partial charge in [-0.25, -0.2) is 12.8 Å². The fourth-order valence-corrected chi connectivity index (χ4v) is 4.45. The molecule has 8 nitrogen and oxygen atoms in total. The van der Waals surface area contributed by atoms with Crippen LogP contribution in [0, 0.1) is 12.7 Å². The van der Waals surface area contributed by atoms with E-state index in [0.29, 0.717) is 12.3 Å². The van der Waals surface area contributed by atoms with Crippen LogP contribution >= 0.6 is 0 Å². The first kappa shape index (κ1) is 20.4. The van der Waals surface area contributed by atoms with Gasteiger partial charge in [0.05, 0.1) is 11.4 Å². The van der Waals surface area contributed by atoms with Gasteiger partial charge in [-0.3, -0.25) is 4.79 Å². The minimum absolute atomic E-state index is 0.0552. The second-order valence-corrected chi connectivity index (χ2v) is 8.65. The van der Waals surface area contributed by atoms with Crippen molar-refractivity contribution in [3.63, 3.8) is 0 Å². The number of halogens is 1. The molecule has 0 radical (unpaired) electrons. The predicted octanol–water partition coefficient (Wildman–Crippen LogP) is 1.85. The Labute approximate surface area is 163 Å². The maximum Gasteiger partial charge on any atom is 0.243 e. The number of carbonyl (C=O) groups excluding carboxylic acids is 1. The Morgan fingerprint density at radius 3 is 2.57 bits per heavy atom. The largest absolute Gasteiger partial charge is 0.360 e. The van der Waals surface area contributed by atoms with E-state index in [1.165, 1.54) is 12.1 Å². The van der Waals surface area contributed by atoms with Crippen LogP contribution in [0.1, 0.15) is 18.6 Å². The summed E-state index contributed by atoms with van der Waals surface area (Å²) in [6.07, 6.45) is 2.16. The number of benzene rings is 1. The van der Waals surface area contributed by atoms with E-state index >= 15 is 0 Å². The highest BCUT2D eigenvalue weighted by atomic mass is 32.2. The molecule has 0 bridgehead atoms. The van der Waals surface area contributed by atoms with Gasteiger partial charge in [-0.1, -0.05) is 5.16 Å². The van der Waals surface area contributed by atoms with Crippen LogP contribution in [0.2, 0.25) is 0 Å². The highest BCUT2D eigenvalue weighted by molar-refractivity contribution is 7.89. The number of aromatic nitrogens is 1. The first-order valence-corrected chi connectivity index (χ1v) is 10.5. The van der Waals surface area contributed by atoms with Gasteiger partial charge in [-0.05, 0) is 57.1 Å². The van der Waals surface area contributed by atoms with Crippen LogP contribution in [0.15, 0.2) is 39.8 Å². The molecular formula is C18H23FN4O4S. The van der Waals surface area contributed by atoms with Gasteiger partial charge in [0.15, 0.2) is 5.82 Å². The summed E-state index contributed by atoms with van der Waals surface area (Å²) < 4.78 is 45.2. The first-order chi connectivity index (χ1) is 13.3. The van der Waals surface area contributed by atoms with E-state index in [0.717, 1.165) is 42.4 Å². The zero-order valence-electron chi connectivity index (χ0n) is 15.6. The molecule has 1 saturated heterocycles. The summed E-state index contributed by atoms with van der Waals surface area (Å²) in [5.74, 6) is -0.302. The lowest BCUT2D eigenvalue weighted by molar-refractivity contribution is -0.116. The van der Waals surface area contributed by atoms with E-state index in [1.54, 1.807) is 13.0 Å². The van der Waals surface area contributed by atoms with Crippen molar-refractivity contribution >= 4 is 21.7 Å². The normalized spacial score (nSPS) is 15.2. The number of aryl methyl sites for hydroxylation is 1. The Morgan fingerprint density at radius 2 is 1.96 bits per heavy atom. The standard InChI is InChI=1S/C18H23FN4O4S/c1-14-12-17(21-27-14)20-18(24)13-23(11-10-22-8-2-3-9-22)28(25,26)16-6-4-15(19)5-7-16/h4-7,12H,2-3,8-11,13H2,1H3,(H,20,21,24). The molecule has 2 aromatic rings. The minimum atomic E-state index is -3.96. The maximum absolute atomic E-state index is 13.2. The SMILES string of the molecule is Cc1cc(NC(=O)CN(CCN2CCCC2)S(=O)(=O)c2ccc(F)cc2)no1. The van der Waals surface area contributed by atoms with Gasteiger partial charge < -0.3 is 14.7 Å². The molecule has 0 saturated carbocycles. The molecule has 1 aliphatic rings. The number of carbonyl (C=O) groups is 1. The number of likely N-dealkylation sites (tertiary alicyclic amines) is 1. The van der Waals surface area contributed by atoms with Crippen molar-refractivity contribution in [2.75, 3.05) is 38.0 Å². The summed E-state index contributed by atoms with van der Waals surface area (Å²) in [5, 5.41) is 6.21. The summed E-state index contributed by atoms with van der Waals surface area (Å²) in [7, 11) is -3.96. The van der Waals surface area contributed by atoms with Gasteiger partial charge in [0.1, 0.15) is 11.6 Å². The van der Waals surface area contributed by atoms with Crippen LogP contribution in [0.5, 0.6) is 0 Å². The summed E-state index contributed by atoms with van der Waals surface area (Å²) in [5.41, 5.74) is 0. The van der Waals surface area contributed by atoms with Crippen LogP contribution in [0.25, 0.3) is 0 Å². The van der Waals surface area contributed by atoms with Crippen molar-refractivity contribution in [3.8, 4) is 0 Å². The van der Waals surface area contributed by atoms with E-state index < -0.39 is 21.7 Å².